The highest BCUT2D eigenvalue weighted by Crippen LogP contribution is 2.42. The van der Waals surface area contributed by atoms with Crippen molar-refractivity contribution in [1.82, 2.24) is 4.90 Å². The van der Waals surface area contributed by atoms with Gasteiger partial charge in [-0.05, 0) is 99.2 Å². The zero-order valence-electron chi connectivity index (χ0n) is 43.6. The lowest BCUT2D eigenvalue weighted by molar-refractivity contribution is -0.317. The van der Waals surface area contributed by atoms with E-state index in [0.717, 1.165) is 5.75 Å². The maximum absolute atomic E-state index is 14.6. The number of hydrogen-bond donors (Lipinski definition) is 4. The molecule has 0 radical (unpaired) electrons. The standard InChI is InChI=1S/C53H82N2O15/c1-14-40-53(10,61)45(57)33(4)42(54-64-27-21-26-63-38-24-19-16-20-25-38)31(2)29-51(8,60)46(70-50-43(56)39(55(11)12)28-32(3)65-50)34(5)44(35(6)48(58)67-40)68-41-30-52(9,62-13)47(36(7)66-41)69-49(59)37-22-17-15-18-23-37/h15-20,22-25,31-36,39-41,43-47,50,56-57,60-61H,14,21,26-30H2,1-13H3/b54-42+/t31-,32-,33-,34+,35-,36+,39+,40+,41?,43-,44+,45-,46-,47+,50+,51?,52-,53-/m1/s1. The van der Waals surface area contributed by atoms with Crippen LogP contribution in [0.25, 0.3) is 0 Å². The fourth-order valence-corrected chi connectivity index (χ4v) is 10.5. The number of oxime groups is 1. The van der Waals surface area contributed by atoms with Crippen LogP contribution in [0.5, 0.6) is 5.75 Å². The molecule has 4 N–H and O–H groups in total. The Bertz CT molecular complexity index is 1970. The molecule has 2 aromatic carbocycles. The van der Waals surface area contributed by atoms with Crippen LogP contribution in [0.2, 0.25) is 0 Å². The third-order valence-electron chi connectivity index (χ3n) is 14.6. The second-order valence-electron chi connectivity index (χ2n) is 20.7. The van der Waals surface area contributed by atoms with E-state index in [1.165, 1.54) is 14.0 Å². The predicted molar refractivity (Wildman–Crippen MR) is 261 cm³/mol. The fourth-order valence-electron chi connectivity index (χ4n) is 10.5. The smallest absolute Gasteiger partial charge is 0.338 e. The number of ether oxygens (including phenoxy) is 8. The molecule has 394 valence electrons. The van der Waals surface area contributed by atoms with Crippen LogP contribution in [0.15, 0.2) is 65.8 Å². The van der Waals surface area contributed by atoms with Crippen molar-refractivity contribution in [1.29, 1.82) is 0 Å². The zero-order chi connectivity index (χ0) is 51.7. The average molecular weight is 987 g/mol. The number of nitrogens with zero attached hydrogens (tertiary/aromatic N) is 2. The van der Waals surface area contributed by atoms with E-state index in [0.29, 0.717) is 30.7 Å². The Hall–Kier alpha value is -3.75. The number of methoxy groups -OCH3 is 1. The van der Waals surface area contributed by atoms with Crippen molar-refractivity contribution in [2.75, 3.05) is 34.4 Å². The number of aliphatic hydroxyl groups is 4. The van der Waals surface area contributed by atoms with E-state index in [-0.39, 0.29) is 38.0 Å². The summed E-state index contributed by atoms with van der Waals surface area (Å²) in [4.78, 5) is 35.8. The molecule has 2 unspecified atom stereocenters. The summed E-state index contributed by atoms with van der Waals surface area (Å²) in [6.07, 6.45) is -9.32. The second kappa shape index (κ2) is 24.8. The summed E-state index contributed by atoms with van der Waals surface area (Å²) in [7, 11) is 5.24. The minimum Gasteiger partial charge on any atom is -0.493 e. The van der Waals surface area contributed by atoms with Crippen molar-refractivity contribution < 1.29 is 72.7 Å². The molecule has 5 rings (SSSR count). The fraction of sp³-hybridized carbons (Fsp3) is 0.717. The van der Waals surface area contributed by atoms with Crippen LogP contribution in [0, 0.1) is 23.7 Å². The first-order chi connectivity index (χ1) is 32.9. The summed E-state index contributed by atoms with van der Waals surface area (Å²) in [5.41, 5.74) is -4.23. The molecule has 0 amide bonds. The normalized spacial score (nSPS) is 39.7. The van der Waals surface area contributed by atoms with Gasteiger partial charge >= 0.3 is 11.9 Å². The SMILES string of the molecule is CC[C@@H]1OC(=O)[C@H](C)[C@@H](OC2C[C@@](C)(OC)[C@@H](OC(=O)c3ccccc3)[C@H](C)O2)[C@H](C)[C@@H](O[C@@H]2O[C@H](C)C[C@H](N(C)C)[C@H]2O)C(C)(O)C[C@@H](C)/C(=N\OCCCOc2ccccc2)[C@@H](C)[C@@H](O)[C@]1(C)O. The zero-order valence-corrected chi connectivity index (χ0v) is 43.6. The topological polar surface area (TPSA) is 214 Å². The number of aliphatic hydroxyl groups excluding tert-OH is 2. The number of hydrogen-bond acceptors (Lipinski definition) is 17. The van der Waals surface area contributed by atoms with E-state index < -0.39 is 108 Å². The summed E-state index contributed by atoms with van der Waals surface area (Å²) in [6.45, 7) is 17.7. The number of carbonyl (C=O) groups is 2. The van der Waals surface area contributed by atoms with E-state index >= 15 is 0 Å². The first-order valence-electron chi connectivity index (χ1n) is 24.9. The third kappa shape index (κ3) is 13.8. The highest BCUT2D eigenvalue weighted by Gasteiger charge is 2.54. The minimum absolute atomic E-state index is 0.0358. The predicted octanol–water partition coefficient (Wildman–Crippen LogP) is 5.92. The van der Waals surface area contributed by atoms with Gasteiger partial charge in [0.05, 0.1) is 59.9 Å². The van der Waals surface area contributed by atoms with Crippen LogP contribution in [-0.4, -0.2) is 162 Å². The first-order valence-corrected chi connectivity index (χ1v) is 24.9. The summed E-state index contributed by atoms with van der Waals surface area (Å²) in [5.74, 6) is -4.08. The van der Waals surface area contributed by atoms with Gasteiger partial charge in [0.25, 0.3) is 0 Å². The average Bonchev–Trinajstić information content (AvgIpc) is 3.32. The lowest BCUT2D eigenvalue weighted by atomic mass is 9.73. The number of carbonyl (C=O) groups excluding carboxylic acids is 2. The number of likely N-dealkylation sites (N-methyl/N-ethyl adjacent to an activating group) is 1. The van der Waals surface area contributed by atoms with Gasteiger partial charge in [0.1, 0.15) is 35.8 Å². The number of benzene rings is 2. The van der Waals surface area contributed by atoms with Crippen LogP contribution in [0.1, 0.15) is 112 Å². The second-order valence-corrected chi connectivity index (χ2v) is 20.7. The Morgan fingerprint density at radius 2 is 1.50 bits per heavy atom. The van der Waals surface area contributed by atoms with Gasteiger partial charge < -0.3 is 68.1 Å². The van der Waals surface area contributed by atoms with Gasteiger partial charge in [-0.15, -0.1) is 0 Å². The highest BCUT2D eigenvalue weighted by atomic mass is 16.7. The van der Waals surface area contributed by atoms with E-state index in [1.54, 1.807) is 78.8 Å². The Labute approximate surface area is 415 Å². The van der Waals surface area contributed by atoms with Gasteiger partial charge in [0, 0.05) is 43.7 Å². The Kier molecular flexibility index (Phi) is 20.2. The number of esters is 2. The molecule has 17 heteroatoms. The van der Waals surface area contributed by atoms with Gasteiger partial charge in [-0.3, -0.25) is 4.79 Å². The van der Waals surface area contributed by atoms with Crippen LogP contribution in [-0.2, 0) is 42.8 Å². The molecule has 0 spiro atoms. The molecule has 0 aromatic heterocycles. The van der Waals surface area contributed by atoms with Crippen molar-refractivity contribution in [2.24, 2.45) is 28.8 Å². The largest absolute Gasteiger partial charge is 0.493 e. The lowest BCUT2D eigenvalue weighted by Gasteiger charge is -2.49. The van der Waals surface area contributed by atoms with E-state index in [2.05, 4.69) is 5.16 Å². The molecule has 2 aromatic rings. The third-order valence-corrected chi connectivity index (χ3v) is 14.6. The molecule has 70 heavy (non-hydrogen) atoms. The molecule has 0 bridgehead atoms. The van der Waals surface area contributed by atoms with Crippen LogP contribution < -0.4 is 4.74 Å². The van der Waals surface area contributed by atoms with Crippen LogP contribution in [0.3, 0.4) is 0 Å². The van der Waals surface area contributed by atoms with Gasteiger partial charge in [-0.25, -0.2) is 4.79 Å². The van der Waals surface area contributed by atoms with Gasteiger partial charge in [0.2, 0.25) is 0 Å². The van der Waals surface area contributed by atoms with Crippen molar-refractivity contribution in [3.05, 3.63) is 66.2 Å². The Balaban J connectivity index is 1.54. The van der Waals surface area contributed by atoms with Gasteiger partial charge in [0.15, 0.2) is 18.7 Å². The Morgan fingerprint density at radius 1 is 0.857 bits per heavy atom. The first kappa shape index (κ1) is 57.2. The summed E-state index contributed by atoms with van der Waals surface area (Å²) in [5, 5.41) is 53.7. The van der Waals surface area contributed by atoms with Crippen molar-refractivity contribution in [3.63, 3.8) is 0 Å². The molecular formula is C53H82N2O15. The summed E-state index contributed by atoms with van der Waals surface area (Å²) < 4.78 is 50.7. The van der Waals surface area contributed by atoms with Gasteiger partial charge in [-0.1, -0.05) is 69.2 Å². The molecule has 17 nitrogen and oxygen atoms in total. The molecule has 3 fully saturated rings. The molecule has 0 saturated carbocycles. The molecule has 3 aliphatic rings. The maximum atomic E-state index is 14.6. The monoisotopic (exact) mass is 987 g/mol. The van der Waals surface area contributed by atoms with Crippen LogP contribution >= 0.6 is 0 Å². The molecule has 18 atom stereocenters. The van der Waals surface area contributed by atoms with Crippen LogP contribution in [0.4, 0.5) is 0 Å². The lowest BCUT2D eigenvalue weighted by Crippen LogP contribution is -2.61. The maximum Gasteiger partial charge on any atom is 0.338 e. The summed E-state index contributed by atoms with van der Waals surface area (Å²) >= 11 is 0. The number of cyclic esters (lactones) is 1. The van der Waals surface area contributed by atoms with Crippen molar-refractivity contribution in [2.45, 2.75) is 186 Å². The van der Waals surface area contributed by atoms with E-state index in [1.807, 2.05) is 63.2 Å². The Morgan fingerprint density at radius 3 is 2.11 bits per heavy atom. The van der Waals surface area contributed by atoms with Gasteiger partial charge in [-0.2, -0.15) is 0 Å². The molecular weight excluding hydrogens is 905 g/mol. The van der Waals surface area contributed by atoms with Crippen molar-refractivity contribution in [3.8, 4) is 5.75 Å². The highest BCUT2D eigenvalue weighted by molar-refractivity contribution is 5.89. The molecule has 3 heterocycles. The summed E-state index contributed by atoms with van der Waals surface area (Å²) in [6, 6.07) is 17.6. The number of para-hydroxylation sites is 1. The molecule has 0 aliphatic carbocycles. The quantitative estimate of drug-likeness (QED) is 0.0926. The molecule has 3 saturated heterocycles. The van der Waals surface area contributed by atoms with E-state index in [9.17, 15) is 30.0 Å². The van der Waals surface area contributed by atoms with Crippen molar-refractivity contribution >= 4 is 17.7 Å². The minimum atomic E-state index is -1.99. The number of rotatable bonds is 15. The molecule has 3 aliphatic heterocycles. The van der Waals surface area contributed by atoms with E-state index in [4.69, 9.17) is 42.7 Å².